The molecule has 3 rings (SSSR count). The van der Waals surface area contributed by atoms with Crippen LogP contribution in [0.4, 0.5) is 0 Å². The Labute approximate surface area is 60.8 Å². The second-order valence-electron chi connectivity index (χ2n) is 4.20. The van der Waals surface area contributed by atoms with Gasteiger partial charge in [0.25, 0.3) is 0 Å². The van der Waals surface area contributed by atoms with Gasteiger partial charge in [0.15, 0.2) is 0 Å². The molecule has 0 bridgehead atoms. The summed E-state index contributed by atoms with van der Waals surface area (Å²) in [7, 11) is 0. The molecule has 3 fully saturated rings. The van der Waals surface area contributed by atoms with Crippen molar-refractivity contribution in [1.29, 1.82) is 0 Å². The van der Waals surface area contributed by atoms with Gasteiger partial charge in [-0.05, 0) is 30.6 Å². The van der Waals surface area contributed by atoms with Gasteiger partial charge in [-0.25, -0.2) is 0 Å². The molecule has 0 spiro atoms. The van der Waals surface area contributed by atoms with Gasteiger partial charge in [-0.1, -0.05) is 6.92 Å². The van der Waals surface area contributed by atoms with Gasteiger partial charge in [0.2, 0.25) is 0 Å². The fourth-order valence-corrected chi connectivity index (χ4v) is 3.43. The van der Waals surface area contributed by atoms with Gasteiger partial charge in [-0.3, -0.25) is 4.79 Å². The Balaban J connectivity index is 2.04. The van der Waals surface area contributed by atoms with E-state index in [4.69, 9.17) is 0 Å². The molecule has 0 aliphatic heterocycles. The molecule has 0 aromatic carbocycles. The molecule has 0 aromatic rings. The lowest BCUT2D eigenvalue weighted by Gasteiger charge is -2.09. The van der Waals surface area contributed by atoms with E-state index in [-0.39, 0.29) is 0 Å². The minimum Gasteiger partial charge on any atom is -0.299 e. The van der Waals surface area contributed by atoms with E-state index in [1.807, 2.05) is 0 Å². The van der Waals surface area contributed by atoms with Crippen LogP contribution in [0.25, 0.3) is 0 Å². The van der Waals surface area contributed by atoms with Crippen molar-refractivity contribution in [2.24, 2.45) is 29.6 Å². The van der Waals surface area contributed by atoms with Crippen molar-refractivity contribution in [1.82, 2.24) is 0 Å². The standard InChI is InChI=1S/C9H12O/c1-4-5-2-3-6-7(5)8(6)9(4)10/h4-8H,2-3H2,1H3/t4-,5-,6-,7+,8-/m0/s1. The molecule has 3 saturated carbocycles. The Kier molecular flexibility index (Phi) is 0.704. The smallest absolute Gasteiger partial charge is 0.139 e. The quantitative estimate of drug-likeness (QED) is 0.493. The molecule has 1 heteroatoms. The van der Waals surface area contributed by atoms with E-state index in [9.17, 15) is 4.79 Å². The van der Waals surface area contributed by atoms with E-state index < -0.39 is 0 Å². The first kappa shape index (κ1) is 5.34. The molecule has 3 aliphatic carbocycles. The number of ketones is 1. The summed E-state index contributed by atoms with van der Waals surface area (Å²) in [5.74, 6) is 4.10. The van der Waals surface area contributed by atoms with E-state index in [0.717, 1.165) is 17.8 Å². The molecule has 0 aromatic heterocycles. The third kappa shape index (κ3) is 0.363. The van der Waals surface area contributed by atoms with Crippen LogP contribution in [0.2, 0.25) is 0 Å². The summed E-state index contributed by atoms with van der Waals surface area (Å²) in [4.78, 5) is 11.4. The third-order valence-electron chi connectivity index (χ3n) is 3.98. The summed E-state index contributed by atoms with van der Waals surface area (Å²) in [6.45, 7) is 2.13. The van der Waals surface area contributed by atoms with Crippen LogP contribution < -0.4 is 0 Å². The van der Waals surface area contributed by atoms with Crippen LogP contribution >= 0.6 is 0 Å². The molecule has 54 valence electrons. The van der Waals surface area contributed by atoms with Crippen LogP contribution in [0, 0.1) is 29.6 Å². The molecule has 0 N–H and O–H groups in total. The van der Waals surface area contributed by atoms with Gasteiger partial charge in [0.1, 0.15) is 5.78 Å². The van der Waals surface area contributed by atoms with Crippen LogP contribution in [0.1, 0.15) is 19.8 Å². The SMILES string of the molecule is C[C@@H]1C(=O)[C@H]2[C@H]3CC[C@@H]1[C@H]32. The van der Waals surface area contributed by atoms with Gasteiger partial charge in [0.05, 0.1) is 0 Å². The first-order chi connectivity index (χ1) is 4.80. The molecular formula is C9H12O. The molecule has 3 aliphatic rings. The Hall–Kier alpha value is -0.330. The van der Waals surface area contributed by atoms with Gasteiger partial charge >= 0.3 is 0 Å². The third-order valence-corrected chi connectivity index (χ3v) is 3.98. The Morgan fingerprint density at radius 1 is 1.30 bits per heavy atom. The van der Waals surface area contributed by atoms with Gasteiger partial charge in [0, 0.05) is 11.8 Å². The number of carbonyl (C=O) groups excluding carboxylic acids is 1. The van der Waals surface area contributed by atoms with Crippen molar-refractivity contribution in [3.8, 4) is 0 Å². The number of Topliss-reactive ketones (excluding diaryl/α,β-unsaturated/α-hetero) is 1. The topological polar surface area (TPSA) is 17.1 Å². The summed E-state index contributed by atoms with van der Waals surface area (Å²) >= 11 is 0. The van der Waals surface area contributed by atoms with E-state index in [2.05, 4.69) is 6.92 Å². The van der Waals surface area contributed by atoms with Crippen molar-refractivity contribution in [3.63, 3.8) is 0 Å². The minimum atomic E-state index is 0.425. The molecule has 0 heterocycles. The van der Waals surface area contributed by atoms with Crippen molar-refractivity contribution >= 4 is 5.78 Å². The second kappa shape index (κ2) is 1.32. The van der Waals surface area contributed by atoms with E-state index in [1.54, 1.807) is 0 Å². The number of fused-ring (bicyclic) bond motifs is 1. The highest BCUT2D eigenvalue weighted by molar-refractivity contribution is 5.90. The zero-order valence-corrected chi connectivity index (χ0v) is 6.21. The summed E-state index contributed by atoms with van der Waals surface area (Å²) < 4.78 is 0. The number of hydrogen-bond acceptors (Lipinski definition) is 1. The average Bonchev–Trinajstić information content (AvgIpc) is 2.43. The summed E-state index contributed by atoms with van der Waals surface area (Å²) in [6.07, 6.45) is 2.70. The highest BCUT2D eigenvalue weighted by Gasteiger charge is 2.68. The van der Waals surface area contributed by atoms with Gasteiger partial charge < -0.3 is 0 Å². The molecule has 10 heavy (non-hydrogen) atoms. The summed E-state index contributed by atoms with van der Waals surface area (Å²) in [5, 5.41) is 0. The van der Waals surface area contributed by atoms with Gasteiger partial charge in [-0.2, -0.15) is 0 Å². The molecule has 5 atom stereocenters. The van der Waals surface area contributed by atoms with Crippen LogP contribution in [0.5, 0.6) is 0 Å². The van der Waals surface area contributed by atoms with Crippen molar-refractivity contribution in [2.75, 3.05) is 0 Å². The van der Waals surface area contributed by atoms with Crippen molar-refractivity contribution in [3.05, 3.63) is 0 Å². The largest absolute Gasteiger partial charge is 0.299 e. The zero-order chi connectivity index (χ0) is 6.88. The monoisotopic (exact) mass is 136 g/mol. The Bertz CT molecular complexity index is 205. The molecule has 0 amide bonds. The normalized spacial score (nSPS) is 62.9. The number of rotatable bonds is 0. The van der Waals surface area contributed by atoms with Crippen molar-refractivity contribution in [2.45, 2.75) is 19.8 Å². The van der Waals surface area contributed by atoms with Gasteiger partial charge in [-0.15, -0.1) is 0 Å². The van der Waals surface area contributed by atoms with Crippen LogP contribution in [-0.2, 0) is 4.79 Å². The fourth-order valence-electron chi connectivity index (χ4n) is 3.43. The van der Waals surface area contributed by atoms with Crippen molar-refractivity contribution < 1.29 is 4.79 Å². The van der Waals surface area contributed by atoms with Crippen LogP contribution in [0.15, 0.2) is 0 Å². The van der Waals surface area contributed by atoms with Crippen LogP contribution in [0.3, 0.4) is 0 Å². The first-order valence-corrected chi connectivity index (χ1v) is 4.34. The highest BCUT2D eigenvalue weighted by atomic mass is 16.1. The highest BCUT2D eigenvalue weighted by Crippen LogP contribution is 2.68. The Morgan fingerprint density at radius 3 is 2.60 bits per heavy atom. The summed E-state index contributed by atoms with van der Waals surface area (Å²) in [5.41, 5.74) is 0. The summed E-state index contributed by atoms with van der Waals surface area (Å²) in [6, 6.07) is 0. The molecule has 0 unspecified atom stereocenters. The minimum absolute atomic E-state index is 0.425. The maximum Gasteiger partial charge on any atom is 0.139 e. The fraction of sp³-hybridized carbons (Fsp3) is 0.889. The molecule has 0 saturated heterocycles. The first-order valence-electron chi connectivity index (χ1n) is 4.34. The maximum atomic E-state index is 11.4. The number of hydrogen-bond donors (Lipinski definition) is 0. The molecular weight excluding hydrogens is 124 g/mol. The van der Waals surface area contributed by atoms with Crippen LogP contribution in [-0.4, -0.2) is 5.78 Å². The second-order valence-corrected chi connectivity index (χ2v) is 4.20. The predicted molar refractivity (Wildman–Crippen MR) is 37.4 cm³/mol. The lowest BCUT2D eigenvalue weighted by atomic mass is 9.94. The molecule has 0 radical (unpaired) electrons. The van der Waals surface area contributed by atoms with E-state index >= 15 is 0 Å². The maximum absolute atomic E-state index is 11.4. The zero-order valence-electron chi connectivity index (χ0n) is 6.21. The lowest BCUT2D eigenvalue weighted by Crippen LogP contribution is -2.13. The Morgan fingerprint density at radius 2 is 2.00 bits per heavy atom. The lowest BCUT2D eigenvalue weighted by molar-refractivity contribution is -0.122. The van der Waals surface area contributed by atoms with E-state index in [1.165, 1.54) is 12.8 Å². The predicted octanol–water partition coefficient (Wildman–Crippen LogP) is 1.48. The average molecular weight is 136 g/mol. The van der Waals surface area contributed by atoms with E-state index in [0.29, 0.717) is 17.6 Å². The number of carbonyl (C=O) groups is 1. The molecule has 1 nitrogen and oxygen atoms in total.